The van der Waals surface area contributed by atoms with E-state index >= 15 is 0 Å². The molecule has 19 heavy (non-hydrogen) atoms. The lowest BCUT2D eigenvalue weighted by Crippen LogP contribution is -1.88. The van der Waals surface area contributed by atoms with Gasteiger partial charge in [-0.15, -0.1) is 0 Å². The topological polar surface area (TPSA) is 67.6 Å². The Labute approximate surface area is 110 Å². The SMILES string of the molecule is Nc1ccc2[nH]c(C3CC3c3ccccc3)nc2n1. The number of imidazole rings is 1. The molecular formula is C15H14N4. The first kappa shape index (κ1) is 10.6. The molecule has 3 N–H and O–H groups in total. The number of benzene rings is 1. The Bertz CT molecular complexity index is 732. The second-order valence-corrected chi connectivity index (χ2v) is 5.09. The van der Waals surface area contributed by atoms with Gasteiger partial charge in [-0.3, -0.25) is 0 Å². The van der Waals surface area contributed by atoms with Crippen LogP contribution in [0.1, 0.15) is 29.6 Å². The van der Waals surface area contributed by atoms with E-state index in [1.54, 1.807) is 6.07 Å². The number of nitrogen functional groups attached to an aromatic ring is 1. The summed E-state index contributed by atoms with van der Waals surface area (Å²) >= 11 is 0. The molecule has 0 aliphatic heterocycles. The highest BCUT2D eigenvalue weighted by Crippen LogP contribution is 2.53. The van der Waals surface area contributed by atoms with E-state index in [1.807, 2.05) is 6.07 Å². The molecule has 0 saturated heterocycles. The van der Waals surface area contributed by atoms with E-state index in [0.29, 0.717) is 23.3 Å². The minimum atomic E-state index is 0.484. The number of anilines is 1. The summed E-state index contributed by atoms with van der Waals surface area (Å²) in [4.78, 5) is 12.2. The van der Waals surface area contributed by atoms with Gasteiger partial charge in [0.05, 0.1) is 5.52 Å². The Balaban J connectivity index is 1.66. The van der Waals surface area contributed by atoms with Gasteiger partial charge in [-0.2, -0.15) is 0 Å². The third kappa shape index (κ3) is 1.76. The molecule has 1 fully saturated rings. The number of H-pyrrole nitrogens is 1. The van der Waals surface area contributed by atoms with Gasteiger partial charge < -0.3 is 10.7 Å². The van der Waals surface area contributed by atoms with Crippen LogP contribution in [-0.2, 0) is 0 Å². The lowest BCUT2D eigenvalue weighted by Gasteiger charge is -1.97. The number of aromatic nitrogens is 3. The van der Waals surface area contributed by atoms with Gasteiger partial charge in [0.15, 0.2) is 5.65 Å². The third-order valence-corrected chi connectivity index (χ3v) is 3.76. The van der Waals surface area contributed by atoms with Crippen LogP contribution < -0.4 is 5.73 Å². The molecular weight excluding hydrogens is 236 g/mol. The number of nitrogens with zero attached hydrogens (tertiary/aromatic N) is 2. The Kier molecular flexibility index (Phi) is 2.12. The van der Waals surface area contributed by atoms with E-state index in [1.165, 1.54) is 5.56 Å². The summed E-state index contributed by atoms with van der Waals surface area (Å²) < 4.78 is 0. The van der Waals surface area contributed by atoms with Gasteiger partial charge in [-0.25, -0.2) is 9.97 Å². The summed E-state index contributed by atoms with van der Waals surface area (Å²) in [7, 11) is 0. The molecule has 4 heteroatoms. The van der Waals surface area contributed by atoms with Gasteiger partial charge in [0.1, 0.15) is 11.6 Å². The van der Waals surface area contributed by atoms with E-state index in [9.17, 15) is 0 Å². The van der Waals surface area contributed by atoms with Crippen LogP contribution in [0.25, 0.3) is 11.2 Å². The predicted octanol–water partition coefficient (Wildman–Crippen LogP) is 2.81. The minimum absolute atomic E-state index is 0.484. The smallest absolute Gasteiger partial charge is 0.179 e. The number of nitrogens with two attached hydrogens (primary N) is 1. The van der Waals surface area contributed by atoms with Gasteiger partial charge in [0.25, 0.3) is 0 Å². The molecule has 0 spiro atoms. The van der Waals surface area contributed by atoms with Gasteiger partial charge in [0, 0.05) is 5.92 Å². The largest absolute Gasteiger partial charge is 0.384 e. The number of fused-ring (bicyclic) bond motifs is 1. The van der Waals surface area contributed by atoms with Crippen LogP contribution in [0.3, 0.4) is 0 Å². The Hall–Kier alpha value is -2.36. The van der Waals surface area contributed by atoms with Crippen molar-refractivity contribution < 1.29 is 0 Å². The van der Waals surface area contributed by atoms with Gasteiger partial charge >= 0.3 is 0 Å². The van der Waals surface area contributed by atoms with Crippen molar-refractivity contribution >= 4 is 17.0 Å². The van der Waals surface area contributed by atoms with Crippen molar-refractivity contribution in [3.05, 3.63) is 53.9 Å². The Morgan fingerprint density at radius 3 is 2.68 bits per heavy atom. The zero-order chi connectivity index (χ0) is 12.8. The summed E-state index contributed by atoms with van der Waals surface area (Å²) in [6, 6.07) is 14.3. The normalized spacial score (nSPS) is 21.7. The number of hydrogen-bond donors (Lipinski definition) is 2. The second-order valence-electron chi connectivity index (χ2n) is 5.09. The van der Waals surface area contributed by atoms with Crippen LogP contribution in [0.5, 0.6) is 0 Å². The minimum Gasteiger partial charge on any atom is -0.384 e. The molecule has 2 atom stereocenters. The number of nitrogens with one attached hydrogen (secondary N) is 1. The van der Waals surface area contributed by atoms with Gasteiger partial charge in [-0.05, 0) is 30.0 Å². The van der Waals surface area contributed by atoms with Gasteiger partial charge in [0.2, 0.25) is 0 Å². The maximum Gasteiger partial charge on any atom is 0.179 e. The molecule has 1 aliphatic carbocycles. The van der Waals surface area contributed by atoms with Crippen molar-refractivity contribution in [3.8, 4) is 0 Å². The quantitative estimate of drug-likeness (QED) is 0.735. The maximum absolute atomic E-state index is 5.68. The van der Waals surface area contributed by atoms with Crippen LogP contribution in [-0.4, -0.2) is 15.0 Å². The van der Waals surface area contributed by atoms with Crippen LogP contribution in [0, 0.1) is 0 Å². The van der Waals surface area contributed by atoms with Crippen LogP contribution in [0.2, 0.25) is 0 Å². The fourth-order valence-corrected chi connectivity index (χ4v) is 2.67. The van der Waals surface area contributed by atoms with Crippen molar-refractivity contribution in [2.45, 2.75) is 18.3 Å². The van der Waals surface area contributed by atoms with E-state index < -0.39 is 0 Å². The molecule has 2 unspecified atom stereocenters. The average Bonchev–Trinajstić information content (AvgIpc) is 3.13. The monoisotopic (exact) mass is 250 g/mol. The molecule has 0 radical (unpaired) electrons. The number of pyridine rings is 1. The van der Waals surface area contributed by atoms with Crippen molar-refractivity contribution in [1.82, 2.24) is 15.0 Å². The molecule has 3 aromatic rings. The van der Waals surface area contributed by atoms with E-state index in [0.717, 1.165) is 17.8 Å². The van der Waals surface area contributed by atoms with Gasteiger partial charge in [-0.1, -0.05) is 30.3 Å². The summed E-state index contributed by atoms with van der Waals surface area (Å²) in [5.41, 5.74) is 8.74. The van der Waals surface area contributed by atoms with Crippen LogP contribution in [0.15, 0.2) is 42.5 Å². The van der Waals surface area contributed by atoms with Crippen LogP contribution >= 0.6 is 0 Å². The average molecular weight is 250 g/mol. The first-order valence-electron chi connectivity index (χ1n) is 6.48. The molecule has 94 valence electrons. The highest BCUT2D eigenvalue weighted by molar-refractivity contribution is 5.72. The first-order valence-corrected chi connectivity index (χ1v) is 6.48. The van der Waals surface area contributed by atoms with Crippen molar-refractivity contribution in [2.24, 2.45) is 0 Å². The summed E-state index contributed by atoms with van der Waals surface area (Å²) in [5, 5.41) is 0. The van der Waals surface area contributed by atoms with E-state index in [-0.39, 0.29) is 0 Å². The molecule has 4 rings (SSSR count). The van der Waals surface area contributed by atoms with Crippen molar-refractivity contribution in [3.63, 3.8) is 0 Å². The van der Waals surface area contributed by atoms with Crippen LogP contribution in [0.4, 0.5) is 5.82 Å². The fourth-order valence-electron chi connectivity index (χ4n) is 2.67. The number of hydrogen-bond acceptors (Lipinski definition) is 3. The first-order chi connectivity index (χ1) is 9.31. The molecule has 1 saturated carbocycles. The second kappa shape index (κ2) is 3.82. The van der Waals surface area contributed by atoms with E-state index in [2.05, 4.69) is 45.3 Å². The zero-order valence-electron chi connectivity index (χ0n) is 10.4. The molecule has 0 amide bonds. The fraction of sp³-hybridized carbons (Fsp3) is 0.200. The Morgan fingerprint density at radius 1 is 1.00 bits per heavy atom. The van der Waals surface area contributed by atoms with Crippen molar-refractivity contribution in [2.75, 3.05) is 5.73 Å². The van der Waals surface area contributed by atoms with Crippen molar-refractivity contribution in [1.29, 1.82) is 0 Å². The molecule has 1 aliphatic rings. The Morgan fingerprint density at radius 2 is 1.84 bits per heavy atom. The molecule has 4 nitrogen and oxygen atoms in total. The summed E-state index contributed by atoms with van der Waals surface area (Å²) in [6.45, 7) is 0. The highest BCUT2D eigenvalue weighted by atomic mass is 15.0. The maximum atomic E-state index is 5.68. The number of rotatable bonds is 2. The standard InChI is InChI=1S/C15H14N4/c16-13-7-6-12-15(18-13)19-14(17-12)11-8-10(11)9-4-2-1-3-5-9/h1-7,10-11H,8H2,(H3,16,17,18,19). The summed E-state index contributed by atoms with van der Waals surface area (Å²) in [6.07, 6.45) is 1.15. The molecule has 0 bridgehead atoms. The number of aromatic amines is 1. The molecule has 2 aromatic heterocycles. The summed E-state index contributed by atoms with van der Waals surface area (Å²) in [5.74, 6) is 2.61. The molecule has 1 aromatic carbocycles. The predicted molar refractivity (Wildman–Crippen MR) is 74.8 cm³/mol. The lowest BCUT2D eigenvalue weighted by atomic mass is 10.1. The third-order valence-electron chi connectivity index (χ3n) is 3.76. The lowest BCUT2D eigenvalue weighted by molar-refractivity contribution is 0.936. The van der Waals surface area contributed by atoms with E-state index in [4.69, 9.17) is 5.73 Å². The molecule has 2 heterocycles. The zero-order valence-corrected chi connectivity index (χ0v) is 10.4. The highest BCUT2D eigenvalue weighted by Gasteiger charge is 2.41.